The summed E-state index contributed by atoms with van der Waals surface area (Å²) in [5.74, 6) is 0.326. The number of nitrogens with zero attached hydrogens (tertiary/aromatic N) is 2. The van der Waals surface area contributed by atoms with Crippen LogP contribution >= 0.6 is 0 Å². The van der Waals surface area contributed by atoms with Gasteiger partial charge in [0.15, 0.2) is 0 Å². The van der Waals surface area contributed by atoms with Crippen molar-refractivity contribution in [3.05, 3.63) is 35.1 Å². The Morgan fingerprint density at radius 2 is 2.09 bits per heavy atom. The van der Waals surface area contributed by atoms with Crippen molar-refractivity contribution in [2.24, 2.45) is 9.98 Å². The highest BCUT2D eigenvalue weighted by Gasteiger charge is 2.51. The molecule has 23 heavy (non-hydrogen) atoms. The molecule has 2 heterocycles. The van der Waals surface area contributed by atoms with Gasteiger partial charge in [-0.05, 0) is 39.0 Å². The maximum absolute atomic E-state index is 13.2. The molecule has 124 valence electrons. The quantitative estimate of drug-likeness (QED) is 0.781. The third kappa shape index (κ3) is 2.73. The number of dihydropyridines is 1. The molecule has 0 N–H and O–H groups in total. The lowest BCUT2D eigenvalue weighted by atomic mass is 9.85. The average molecular weight is 326 g/mol. The van der Waals surface area contributed by atoms with Gasteiger partial charge in [-0.15, -0.1) is 0 Å². The zero-order valence-corrected chi connectivity index (χ0v) is 13.0. The van der Waals surface area contributed by atoms with Gasteiger partial charge < -0.3 is 9.47 Å². The Labute approximate surface area is 132 Å². The monoisotopic (exact) mass is 326 g/mol. The Morgan fingerprint density at radius 3 is 2.74 bits per heavy atom. The standard InChI is InChI=1S/C16H17F3N2O2/c1-9(2)22-13-4-5-21-15-12(13)6-11(16(17,18)19)7-14(15)20-8-10(3)23-15/h4-7,9-10H,8H2,1-3H3/t10-,15?/m1/s1. The second-order valence-electron chi connectivity index (χ2n) is 5.93. The normalized spacial score (nSPS) is 30.0. The molecule has 3 rings (SSSR count). The van der Waals surface area contributed by atoms with Crippen LogP contribution in [0.2, 0.25) is 0 Å². The Balaban J connectivity index is 2.15. The summed E-state index contributed by atoms with van der Waals surface area (Å²) in [6, 6.07) is 0. The van der Waals surface area contributed by atoms with E-state index in [4.69, 9.17) is 9.47 Å². The van der Waals surface area contributed by atoms with Crippen molar-refractivity contribution in [2.75, 3.05) is 6.54 Å². The minimum Gasteiger partial charge on any atom is -0.490 e. The molecule has 0 amide bonds. The predicted octanol–water partition coefficient (Wildman–Crippen LogP) is 3.36. The van der Waals surface area contributed by atoms with Crippen molar-refractivity contribution in [1.82, 2.24) is 0 Å². The minimum absolute atomic E-state index is 0.162. The fourth-order valence-electron chi connectivity index (χ4n) is 2.73. The molecular weight excluding hydrogens is 309 g/mol. The van der Waals surface area contributed by atoms with Crippen molar-refractivity contribution < 1.29 is 22.6 Å². The van der Waals surface area contributed by atoms with E-state index in [0.29, 0.717) is 12.3 Å². The van der Waals surface area contributed by atoms with Gasteiger partial charge in [-0.3, -0.25) is 4.99 Å². The number of allylic oxidation sites excluding steroid dienone is 3. The number of rotatable bonds is 2. The highest BCUT2D eigenvalue weighted by atomic mass is 19.4. The van der Waals surface area contributed by atoms with Gasteiger partial charge in [0.1, 0.15) is 5.76 Å². The number of aliphatic imine (C=N–C) groups is 2. The molecule has 0 aromatic rings. The predicted molar refractivity (Wildman–Crippen MR) is 80.6 cm³/mol. The van der Waals surface area contributed by atoms with Crippen LogP contribution in [0.1, 0.15) is 20.8 Å². The van der Waals surface area contributed by atoms with Gasteiger partial charge in [0.2, 0.25) is 5.72 Å². The van der Waals surface area contributed by atoms with E-state index in [1.165, 1.54) is 6.21 Å². The third-order valence-corrected chi connectivity index (χ3v) is 3.63. The molecule has 2 aliphatic heterocycles. The van der Waals surface area contributed by atoms with Gasteiger partial charge >= 0.3 is 6.18 Å². The molecular formula is C16H17F3N2O2. The summed E-state index contributed by atoms with van der Waals surface area (Å²) >= 11 is 0. The summed E-state index contributed by atoms with van der Waals surface area (Å²) in [6.45, 7) is 5.73. The van der Waals surface area contributed by atoms with Crippen molar-refractivity contribution in [3.8, 4) is 0 Å². The molecule has 4 nitrogen and oxygen atoms in total. The largest absolute Gasteiger partial charge is 0.490 e. The van der Waals surface area contributed by atoms with E-state index in [-0.39, 0.29) is 23.5 Å². The van der Waals surface area contributed by atoms with Gasteiger partial charge in [0.05, 0.1) is 35.6 Å². The lowest BCUT2D eigenvalue weighted by Gasteiger charge is -2.42. The highest BCUT2D eigenvalue weighted by Crippen LogP contribution is 2.43. The number of alkyl halides is 3. The number of hydrogen-bond acceptors (Lipinski definition) is 4. The molecule has 0 aromatic carbocycles. The van der Waals surface area contributed by atoms with E-state index in [1.54, 1.807) is 6.08 Å². The first kappa shape index (κ1) is 16.0. The second-order valence-corrected chi connectivity index (χ2v) is 5.93. The molecule has 1 unspecified atom stereocenters. The SMILES string of the molecule is CC(C)OC1=CC=NC23O[C@H](C)CN=C2C=C(C(F)(F)F)C=C13. The van der Waals surface area contributed by atoms with Crippen LogP contribution in [0.3, 0.4) is 0 Å². The first-order valence-electron chi connectivity index (χ1n) is 7.39. The van der Waals surface area contributed by atoms with Crippen LogP contribution in [0.4, 0.5) is 13.2 Å². The molecule has 7 heteroatoms. The molecule has 1 aliphatic carbocycles. The Kier molecular flexibility index (Phi) is 3.71. The summed E-state index contributed by atoms with van der Waals surface area (Å²) < 4.78 is 51.2. The Hall–Kier alpha value is -1.89. The molecule has 0 saturated carbocycles. The summed E-state index contributed by atoms with van der Waals surface area (Å²) in [6.07, 6.45) is 0.179. The molecule has 0 radical (unpaired) electrons. The van der Waals surface area contributed by atoms with E-state index in [1.807, 2.05) is 20.8 Å². The molecule has 0 fully saturated rings. The van der Waals surface area contributed by atoms with Gasteiger partial charge in [0, 0.05) is 6.21 Å². The molecule has 0 aromatic heterocycles. The molecule has 2 atom stereocenters. The summed E-state index contributed by atoms with van der Waals surface area (Å²) in [5, 5.41) is 0. The smallest absolute Gasteiger partial charge is 0.416 e. The van der Waals surface area contributed by atoms with E-state index < -0.39 is 17.5 Å². The summed E-state index contributed by atoms with van der Waals surface area (Å²) in [5.41, 5.74) is -1.72. The molecule has 0 saturated heterocycles. The fraction of sp³-hybridized carbons (Fsp3) is 0.500. The van der Waals surface area contributed by atoms with E-state index in [0.717, 1.165) is 12.2 Å². The summed E-state index contributed by atoms with van der Waals surface area (Å²) in [4.78, 5) is 8.58. The van der Waals surface area contributed by atoms with Gasteiger partial charge in [0.25, 0.3) is 0 Å². The Morgan fingerprint density at radius 1 is 1.35 bits per heavy atom. The van der Waals surface area contributed by atoms with Crippen LogP contribution in [0.5, 0.6) is 0 Å². The van der Waals surface area contributed by atoms with E-state index >= 15 is 0 Å². The first-order valence-corrected chi connectivity index (χ1v) is 7.39. The van der Waals surface area contributed by atoms with Crippen molar-refractivity contribution in [2.45, 2.75) is 44.9 Å². The maximum atomic E-state index is 13.2. The lowest BCUT2D eigenvalue weighted by Crippen LogP contribution is -2.51. The van der Waals surface area contributed by atoms with Crippen LogP contribution in [0.25, 0.3) is 0 Å². The van der Waals surface area contributed by atoms with Crippen molar-refractivity contribution in [3.63, 3.8) is 0 Å². The van der Waals surface area contributed by atoms with Crippen LogP contribution in [0.15, 0.2) is 45.1 Å². The van der Waals surface area contributed by atoms with Gasteiger partial charge in [-0.2, -0.15) is 13.2 Å². The van der Waals surface area contributed by atoms with Crippen molar-refractivity contribution in [1.29, 1.82) is 0 Å². The lowest BCUT2D eigenvalue weighted by molar-refractivity contribution is -0.0891. The average Bonchev–Trinajstić information content (AvgIpc) is 2.43. The third-order valence-electron chi connectivity index (χ3n) is 3.63. The minimum atomic E-state index is -4.48. The molecule has 1 spiro atoms. The van der Waals surface area contributed by atoms with Gasteiger partial charge in [-0.25, -0.2) is 4.99 Å². The maximum Gasteiger partial charge on any atom is 0.416 e. The fourth-order valence-corrected chi connectivity index (χ4v) is 2.73. The Bertz CT molecular complexity index is 671. The number of ether oxygens (including phenoxy) is 2. The molecule has 0 bridgehead atoms. The summed E-state index contributed by atoms with van der Waals surface area (Å²) in [7, 11) is 0. The van der Waals surface area contributed by atoms with Crippen LogP contribution in [0, 0.1) is 0 Å². The van der Waals surface area contributed by atoms with Crippen LogP contribution < -0.4 is 0 Å². The van der Waals surface area contributed by atoms with Gasteiger partial charge in [-0.1, -0.05) is 0 Å². The number of hydrogen-bond donors (Lipinski definition) is 0. The zero-order chi connectivity index (χ0) is 16.8. The van der Waals surface area contributed by atoms with E-state index in [9.17, 15) is 13.2 Å². The molecule has 3 aliphatic rings. The highest BCUT2D eigenvalue weighted by molar-refractivity contribution is 6.09. The number of halogens is 3. The first-order chi connectivity index (χ1) is 10.7. The van der Waals surface area contributed by atoms with E-state index in [2.05, 4.69) is 9.98 Å². The van der Waals surface area contributed by atoms with Crippen LogP contribution in [-0.4, -0.2) is 42.6 Å². The second kappa shape index (κ2) is 5.33. The van der Waals surface area contributed by atoms with Crippen molar-refractivity contribution >= 4 is 11.9 Å². The zero-order valence-electron chi connectivity index (χ0n) is 13.0. The van der Waals surface area contributed by atoms with Crippen LogP contribution in [-0.2, 0) is 9.47 Å². The topological polar surface area (TPSA) is 43.2 Å².